The number of furan rings is 1. The van der Waals surface area contributed by atoms with Crippen LogP contribution in [0.5, 0.6) is 0 Å². The molecule has 11 aromatic carbocycles. The first kappa shape index (κ1) is 40.1. The molecule has 2 heterocycles. The van der Waals surface area contributed by atoms with Gasteiger partial charge in [-0.05, 0) is 93.5 Å². The summed E-state index contributed by atoms with van der Waals surface area (Å²) in [5.41, 5.74) is 19.9. The highest BCUT2D eigenvalue weighted by molar-refractivity contribution is 6.16. The normalized spacial score (nSPS) is 11.5. The van der Waals surface area contributed by atoms with Crippen LogP contribution in [0.25, 0.3) is 105 Å². The fourth-order valence-corrected chi connectivity index (χ4v) is 10.6. The van der Waals surface area contributed by atoms with Crippen molar-refractivity contribution < 1.29 is 4.42 Å². The molecule has 324 valence electrons. The molecule has 13 aromatic rings. The summed E-state index contributed by atoms with van der Waals surface area (Å²) in [5, 5.41) is 4.68. The molecule has 0 aliphatic heterocycles. The van der Waals surface area contributed by atoms with Crippen LogP contribution in [-0.2, 0) is 0 Å². The Labute approximate surface area is 401 Å². The smallest absolute Gasteiger partial charge is 0.143 e. The monoisotopic (exact) mass is 880 g/mol. The molecule has 0 spiro atoms. The summed E-state index contributed by atoms with van der Waals surface area (Å²) >= 11 is 0. The minimum Gasteiger partial charge on any atom is -0.455 e. The lowest BCUT2D eigenvalue weighted by molar-refractivity contribution is 0.670. The fourth-order valence-electron chi connectivity index (χ4n) is 10.6. The number of aromatic nitrogens is 1. The van der Waals surface area contributed by atoms with Gasteiger partial charge in [-0.1, -0.05) is 212 Å². The van der Waals surface area contributed by atoms with E-state index in [0.717, 1.165) is 72.5 Å². The minimum absolute atomic E-state index is 0.875. The van der Waals surface area contributed by atoms with Gasteiger partial charge in [0.15, 0.2) is 0 Å². The molecule has 69 heavy (non-hydrogen) atoms. The molecule has 0 N–H and O–H groups in total. The van der Waals surface area contributed by atoms with E-state index in [1.54, 1.807) is 0 Å². The fraction of sp³-hybridized carbons (Fsp3) is 0. The summed E-state index contributed by atoms with van der Waals surface area (Å²) in [6, 6.07) is 96.1. The molecule has 0 unspecified atom stereocenters. The standard InChI is InChI=1S/C66H44N2O/c1-3-21-45(22-4-1)49-25-7-8-26-51(49)52-27-9-10-28-53(52)54-29-11-15-36-60(54)67(61-37-16-12-30-55(61)57-34-19-35-58-56-31-14-18-40-64(56)69-66(57)58)48-43-41-46(42-44-48)50-33-20-39-63-65(50)59-32-13-17-38-62(59)68(63)47-23-5-2-6-24-47/h1-44H. The van der Waals surface area contributed by atoms with Gasteiger partial charge in [0.2, 0.25) is 0 Å². The van der Waals surface area contributed by atoms with Crippen molar-refractivity contribution in [3.8, 4) is 61.3 Å². The van der Waals surface area contributed by atoms with E-state index in [1.165, 1.54) is 49.6 Å². The number of rotatable bonds is 9. The van der Waals surface area contributed by atoms with Crippen LogP contribution in [0.3, 0.4) is 0 Å². The van der Waals surface area contributed by atoms with Crippen molar-refractivity contribution in [1.29, 1.82) is 0 Å². The van der Waals surface area contributed by atoms with Crippen molar-refractivity contribution in [3.05, 3.63) is 267 Å². The highest BCUT2D eigenvalue weighted by Gasteiger charge is 2.24. The third-order valence-corrected chi connectivity index (χ3v) is 13.7. The van der Waals surface area contributed by atoms with Gasteiger partial charge in [0.05, 0.1) is 22.4 Å². The van der Waals surface area contributed by atoms with E-state index in [-0.39, 0.29) is 0 Å². The van der Waals surface area contributed by atoms with Crippen molar-refractivity contribution in [3.63, 3.8) is 0 Å². The van der Waals surface area contributed by atoms with Gasteiger partial charge >= 0.3 is 0 Å². The molecule has 0 saturated heterocycles. The number of benzene rings is 11. The third-order valence-electron chi connectivity index (χ3n) is 13.7. The largest absolute Gasteiger partial charge is 0.455 e. The van der Waals surface area contributed by atoms with E-state index >= 15 is 0 Å². The first-order chi connectivity index (χ1) is 34.3. The van der Waals surface area contributed by atoms with Crippen molar-refractivity contribution in [2.45, 2.75) is 0 Å². The Morgan fingerprint density at radius 1 is 0.290 bits per heavy atom. The molecule has 0 radical (unpaired) electrons. The number of fused-ring (bicyclic) bond motifs is 6. The second kappa shape index (κ2) is 16.9. The number of hydrogen-bond acceptors (Lipinski definition) is 2. The van der Waals surface area contributed by atoms with Gasteiger partial charge in [-0.2, -0.15) is 0 Å². The highest BCUT2D eigenvalue weighted by atomic mass is 16.3. The molecular formula is C66H44N2O. The number of hydrogen-bond donors (Lipinski definition) is 0. The molecule has 3 heteroatoms. The SMILES string of the molecule is c1ccc(-c2ccccc2-c2ccccc2-c2ccccc2N(c2ccc(-c3cccc4c3c3ccccc3n4-c3ccccc3)cc2)c2ccccc2-c2cccc3c2oc2ccccc23)cc1. The molecule has 0 aliphatic rings. The maximum atomic E-state index is 6.73. The van der Waals surface area contributed by atoms with Gasteiger partial charge in [-0.3, -0.25) is 0 Å². The predicted octanol–water partition coefficient (Wildman–Crippen LogP) is 18.5. The number of para-hydroxylation sites is 6. The average Bonchev–Trinajstić information content (AvgIpc) is 3.98. The van der Waals surface area contributed by atoms with Crippen molar-refractivity contribution in [2.24, 2.45) is 0 Å². The Morgan fingerprint density at radius 2 is 0.754 bits per heavy atom. The van der Waals surface area contributed by atoms with Gasteiger partial charge in [0.1, 0.15) is 11.2 Å². The van der Waals surface area contributed by atoms with Crippen molar-refractivity contribution >= 4 is 60.8 Å². The lowest BCUT2D eigenvalue weighted by Gasteiger charge is -2.30. The molecule has 0 aliphatic carbocycles. The van der Waals surface area contributed by atoms with E-state index in [1.807, 2.05) is 6.07 Å². The summed E-state index contributed by atoms with van der Waals surface area (Å²) < 4.78 is 9.12. The zero-order valence-electron chi connectivity index (χ0n) is 37.7. The lowest BCUT2D eigenvalue weighted by atomic mass is 9.88. The summed E-state index contributed by atoms with van der Waals surface area (Å²) in [5.74, 6) is 0. The van der Waals surface area contributed by atoms with E-state index in [4.69, 9.17) is 4.42 Å². The molecule has 13 rings (SSSR count). The van der Waals surface area contributed by atoms with Crippen molar-refractivity contribution in [2.75, 3.05) is 4.90 Å². The second-order valence-corrected chi connectivity index (χ2v) is 17.5. The minimum atomic E-state index is 0.875. The van der Waals surface area contributed by atoms with Crippen LogP contribution < -0.4 is 4.90 Å². The summed E-state index contributed by atoms with van der Waals surface area (Å²) in [6.07, 6.45) is 0. The molecular weight excluding hydrogens is 837 g/mol. The summed E-state index contributed by atoms with van der Waals surface area (Å²) in [4.78, 5) is 2.44. The molecule has 0 bridgehead atoms. The topological polar surface area (TPSA) is 21.3 Å². The van der Waals surface area contributed by atoms with Crippen LogP contribution in [0.1, 0.15) is 0 Å². The van der Waals surface area contributed by atoms with Gasteiger partial charge in [-0.15, -0.1) is 0 Å². The average molecular weight is 881 g/mol. The van der Waals surface area contributed by atoms with E-state index in [2.05, 4.69) is 270 Å². The predicted molar refractivity (Wildman–Crippen MR) is 290 cm³/mol. The Balaban J connectivity index is 1.02. The molecule has 0 atom stereocenters. The quantitative estimate of drug-likeness (QED) is 0.144. The first-order valence-electron chi connectivity index (χ1n) is 23.6. The van der Waals surface area contributed by atoms with Crippen LogP contribution in [0.2, 0.25) is 0 Å². The van der Waals surface area contributed by atoms with E-state index in [0.29, 0.717) is 0 Å². The summed E-state index contributed by atoms with van der Waals surface area (Å²) in [7, 11) is 0. The van der Waals surface area contributed by atoms with E-state index in [9.17, 15) is 0 Å². The highest BCUT2D eigenvalue weighted by Crippen LogP contribution is 2.49. The van der Waals surface area contributed by atoms with E-state index < -0.39 is 0 Å². The van der Waals surface area contributed by atoms with Crippen LogP contribution in [0.4, 0.5) is 17.1 Å². The summed E-state index contributed by atoms with van der Waals surface area (Å²) in [6.45, 7) is 0. The Morgan fingerprint density at radius 3 is 1.48 bits per heavy atom. The maximum Gasteiger partial charge on any atom is 0.143 e. The number of anilines is 3. The van der Waals surface area contributed by atoms with Crippen LogP contribution in [0, 0.1) is 0 Å². The zero-order chi connectivity index (χ0) is 45.7. The van der Waals surface area contributed by atoms with Gasteiger partial charge in [-0.25, -0.2) is 0 Å². The Hall–Kier alpha value is -9.18. The van der Waals surface area contributed by atoms with Crippen LogP contribution in [0.15, 0.2) is 271 Å². The second-order valence-electron chi connectivity index (χ2n) is 17.5. The number of nitrogens with zero attached hydrogens (tertiary/aromatic N) is 2. The third kappa shape index (κ3) is 6.82. The Kier molecular flexibility index (Phi) is 9.84. The van der Waals surface area contributed by atoms with Crippen LogP contribution in [-0.4, -0.2) is 4.57 Å². The van der Waals surface area contributed by atoms with Crippen LogP contribution >= 0.6 is 0 Å². The molecule has 0 amide bonds. The van der Waals surface area contributed by atoms with Gasteiger partial charge in [0.25, 0.3) is 0 Å². The molecule has 0 saturated carbocycles. The van der Waals surface area contributed by atoms with Crippen molar-refractivity contribution in [1.82, 2.24) is 4.57 Å². The molecule has 0 fully saturated rings. The lowest BCUT2D eigenvalue weighted by Crippen LogP contribution is -2.12. The van der Waals surface area contributed by atoms with Gasteiger partial charge in [0, 0.05) is 49.6 Å². The zero-order valence-corrected chi connectivity index (χ0v) is 37.7. The van der Waals surface area contributed by atoms with Gasteiger partial charge < -0.3 is 13.9 Å². The Bertz CT molecular complexity index is 4010. The molecule has 3 nitrogen and oxygen atoms in total. The molecule has 2 aromatic heterocycles. The first-order valence-corrected chi connectivity index (χ1v) is 23.6. The maximum absolute atomic E-state index is 6.73.